The normalized spacial score (nSPS) is 23.3. The van der Waals surface area contributed by atoms with Crippen molar-refractivity contribution in [2.75, 3.05) is 12.0 Å². The minimum absolute atomic E-state index is 0.159. The van der Waals surface area contributed by atoms with Crippen molar-refractivity contribution in [3.05, 3.63) is 23.8 Å². The highest BCUT2D eigenvalue weighted by Gasteiger charge is 2.28. The van der Waals surface area contributed by atoms with E-state index >= 15 is 0 Å². The van der Waals surface area contributed by atoms with E-state index in [2.05, 4.69) is 11.2 Å². The van der Waals surface area contributed by atoms with E-state index in [0.717, 1.165) is 25.3 Å². The average Bonchev–Trinajstić information content (AvgIpc) is 2.93. The lowest BCUT2D eigenvalue weighted by Crippen LogP contribution is -2.09. The Hall–Kier alpha value is -1.30. The van der Waals surface area contributed by atoms with Gasteiger partial charge in [-0.3, -0.25) is 0 Å². The number of fused-ring (bicyclic) bond motifs is 1. The highest BCUT2D eigenvalue weighted by atomic mass is 32.2. The molecule has 2 unspecified atom stereocenters. The minimum atomic E-state index is -0.653. The van der Waals surface area contributed by atoms with Crippen LogP contribution >= 0.6 is 11.8 Å². The van der Waals surface area contributed by atoms with Crippen LogP contribution in [0.2, 0.25) is 0 Å². The molecule has 1 aliphatic carbocycles. The summed E-state index contributed by atoms with van der Waals surface area (Å²) < 4.78 is 28.9. The summed E-state index contributed by atoms with van der Waals surface area (Å²) in [5.74, 6) is -0.975. The van der Waals surface area contributed by atoms with Crippen LogP contribution < -0.4 is 5.73 Å². The van der Waals surface area contributed by atoms with E-state index in [9.17, 15) is 8.78 Å². The Morgan fingerprint density at radius 1 is 1.37 bits per heavy atom. The predicted octanol–water partition coefficient (Wildman–Crippen LogP) is 3.35. The molecule has 0 radical (unpaired) electrons. The molecule has 2 atom stereocenters. The van der Waals surface area contributed by atoms with Crippen LogP contribution in [0.25, 0.3) is 11.0 Å². The van der Waals surface area contributed by atoms with E-state index in [4.69, 9.17) is 5.73 Å². The van der Waals surface area contributed by atoms with E-state index in [1.54, 1.807) is 4.57 Å². The van der Waals surface area contributed by atoms with Crippen molar-refractivity contribution in [1.29, 1.82) is 0 Å². The second-order valence-electron chi connectivity index (χ2n) is 4.92. The van der Waals surface area contributed by atoms with Gasteiger partial charge in [0.25, 0.3) is 0 Å². The van der Waals surface area contributed by atoms with Gasteiger partial charge in [-0.1, -0.05) is 0 Å². The molecule has 0 spiro atoms. The zero-order valence-electron chi connectivity index (χ0n) is 10.6. The van der Waals surface area contributed by atoms with Gasteiger partial charge >= 0.3 is 0 Å². The molecule has 0 aliphatic heterocycles. The van der Waals surface area contributed by atoms with Crippen molar-refractivity contribution in [3.63, 3.8) is 0 Å². The molecule has 1 fully saturated rings. The first-order valence-electron chi connectivity index (χ1n) is 6.25. The molecular weight excluding hydrogens is 268 g/mol. The highest BCUT2D eigenvalue weighted by Crippen LogP contribution is 2.39. The van der Waals surface area contributed by atoms with E-state index in [0.29, 0.717) is 10.8 Å². The Kier molecular flexibility index (Phi) is 3.12. The molecule has 2 aromatic rings. The summed E-state index contributed by atoms with van der Waals surface area (Å²) >= 11 is 1.83. The summed E-state index contributed by atoms with van der Waals surface area (Å²) in [4.78, 5) is 4.04. The summed E-state index contributed by atoms with van der Waals surface area (Å²) in [6, 6.07) is 2.34. The third kappa shape index (κ3) is 2.08. The number of hydrogen-bond donors (Lipinski definition) is 1. The van der Waals surface area contributed by atoms with Gasteiger partial charge in [0.1, 0.15) is 11.3 Å². The standard InChI is InChI=1S/C13H15F2N3S/c1-19-9-3-2-8(6-9)18-11-5-7(14)4-10(15)12(11)17-13(18)16/h4-5,8-9H,2-3,6H2,1H3,(H2,16,17). The second-order valence-corrected chi connectivity index (χ2v) is 6.06. The lowest BCUT2D eigenvalue weighted by molar-refractivity contribution is 0.538. The minimum Gasteiger partial charge on any atom is -0.369 e. The zero-order chi connectivity index (χ0) is 13.6. The molecule has 3 rings (SSSR count). The van der Waals surface area contributed by atoms with E-state index in [-0.39, 0.29) is 17.5 Å². The molecule has 1 aromatic heterocycles. The number of nitrogens with zero attached hydrogens (tertiary/aromatic N) is 2. The molecular formula is C13H15F2N3S. The topological polar surface area (TPSA) is 43.8 Å². The van der Waals surface area contributed by atoms with Gasteiger partial charge in [-0.15, -0.1) is 0 Å². The van der Waals surface area contributed by atoms with Gasteiger partial charge in [0.15, 0.2) is 5.82 Å². The molecule has 2 N–H and O–H groups in total. The Bertz CT molecular complexity index is 626. The maximum atomic E-state index is 13.7. The third-order valence-electron chi connectivity index (χ3n) is 3.80. The smallest absolute Gasteiger partial charge is 0.201 e. The predicted molar refractivity (Wildman–Crippen MR) is 74.3 cm³/mol. The summed E-state index contributed by atoms with van der Waals surface area (Å²) in [5.41, 5.74) is 6.51. The first-order chi connectivity index (χ1) is 9.10. The summed E-state index contributed by atoms with van der Waals surface area (Å²) in [7, 11) is 0. The van der Waals surface area contributed by atoms with Gasteiger partial charge < -0.3 is 10.3 Å². The van der Waals surface area contributed by atoms with Crippen LogP contribution in [0.3, 0.4) is 0 Å². The molecule has 0 amide bonds. The van der Waals surface area contributed by atoms with Crippen LogP contribution in [0.4, 0.5) is 14.7 Å². The molecule has 3 nitrogen and oxygen atoms in total. The summed E-state index contributed by atoms with van der Waals surface area (Å²) in [6.45, 7) is 0. The SMILES string of the molecule is CSC1CCC(n2c(N)nc3c(F)cc(F)cc32)C1. The van der Waals surface area contributed by atoms with E-state index in [1.165, 1.54) is 6.07 Å². The number of nitrogen functional groups attached to an aromatic ring is 1. The fourth-order valence-electron chi connectivity index (χ4n) is 2.89. The number of imidazole rings is 1. The van der Waals surface area contributed by atoms with E-state index < -0.39 is 11.6 Å². The molecule has 0 bridgehead atoms. The molecule has 0 saturated heterocycles. The van der Waals surface area contributed by atoms with Crippen LogP contribution in [0, 0.1) is 11.6 Å². The third-order valence-corrected chi connectivity index (χ3v) is 4.89. The lowest BCUT2D eigenvalue weighted by atomic mass is 10.2. The first kappa shape index (κ1) is 12.7. The van der Waals surface area contributed by atoms with Crippen molar-refractivity contribution in [2.24, 2.45) is 0 Å². The molecule has 19 heavy (non-hydrogen) atoms. The van der Waals surface area contributed by atoms with Gasteiger partial charge in [0, 0.05) is 23.4 Å². The Morgan fingerprint density at radius 2 is 2.16 bits per heavy atom. The van der Waals surface area contributed by atoms with Gasteiger partial charge in [-0.2, -0.15) is 11.8 Å². The summed E-state index contributed by atoms with van der Waals surface area (Å²) in [6.07, 6.45) is 5.12. The van der Waals surface area contributed by atoms with Crippen molar-refractivity contribution in [3.8, 4) is 0 Å². The number of thioether (sulfide) groups is 1. The quantitative estimate of drug-likeness (QED) is 0.919. The number of rotatable bonds is 2. The maximum Gasteiger partial charge on any atom is 0.201 e. The Labute approximate surface area is 114 Å². The largest absolute Gasteiger partial charge is 0.369 e. The molecule has 1 saturated carbocycles. The summed E-state index contributed by atoms with van der Waals surface area (Å²) in [5, 5.41) is 0.584. The highest BCUT2D eigenvalue weighted by molar-refractivity contribution is 7.99. The van der Waals surface area contributed by atoms with Crippen LogP contribution in [0.5, 0.6) is 0 Å². The number of anilines is 1. The van der Waals surface area contributed by atoms with Gasteiger partial charge in [-0.05, 0) is 25.5 Å². The van der Waals surface area contributed by atoms with Gasteiger partial charge in [0.2, 0.25) is 5.95 Å². The fraction of sp³-hybridized carbons (Fsp3) is 0.462. The first-order valence-corrected chi connectivity index (χ1v) is 7.54. The van der Waals surface area contributed by atoms with Crippen molar-refractivity contribution >= 4 is 28.7 Å². The molecule has 102 valence electrons. The Balaban J connectivity index is 2.11. The second kappa shape index (κ2) is 4.67. The van der Waals surface area contributed by atoms with Crippen LogP contribution in [0.15, 0.2) is 12.1 Å². The molecule has 1 heterocycles. The van der Waals surface area contributed by atoms with Crippen molar-refractivity contribution in [1.82, 2.24) is 9.55 Å². The number of benzene rings is 1. The van der Waals surface area contributed by atoms with Gasteiger partial charge in [-0.25, -0.2) is 13.8 Å². The zero-order valence-corrected chi connectivity index (χ0v) is 11.4. The monoisotopic (exact) mass is 283 g/mol. The van der Waals surface area contributed by atoms with Crippen molar-refractivity contribution < 1.29 is 8.78 Å². The maximum absolute atomic E-state index is 13.7. The molecule has 1 aliphatic rings. The number of aromatic nitrogens is 2. The fourth-order valence-corrected chi connectivity index (χ4v) is 3.67. The Morgan fingerprint density at radius 3 is 2.84 bits per heavy atom. The van der Waals surface area contributed by atoms with Crippen LogP contribution in [-0.2, 0) is 0 Å². The van der Waals surface area contributed by atoms with E-state index in [1.807, 2.05) is 11.8 Å². The molecule has 1 aromatic carbocycles. The van der Waals surface area contributed by atoms with Gasteiger partial charge in [0.05, 0.1) is 5.52 Å². The number of nitrogens with two attached hydrogens (primary N) is 1. The van der Waals surface area contributed by atoms with Crippen molar-refractivity contribution in [2.45, 2.75) is 30.6 Å². The van der Waals surface area contributed by atoms with Crippen LogP contribution in [0.1, 0.15) is 25.3 Å². The van der Waals surface area contributed by atoms with Crippen LogP contribution in [-0.4, -0.2) is 21.1 Å². The lowest BCUT2D eigenvalue weighted by Gasteiger charge is -2.15. The number of halogens is 2. The average molecular weight is 283 g/mol. The molecule has 6 heteroatoms. The number of hydrogen-bond acceptors (Lipinski definition) is 3.